The summed E-state index contributed by atoms with van der Waals surface area (Å²) in [5, 5.41) is 3.33. The molecule has 0 amide bonds. The maximum atomic E-state index is 5.02. The highest BCUT2D eigenvalue weighted by Crippen LogP contribution is 2.18. The van der Waals surface area contributed by atoms with Crippen molar-refractivity contribution in [3.63, 3.8) is 0 Å². The molecule has 5 heteroatoms. The van der Waals surface area contributed by atoms with Crippen molar-refractivity contribution in [1.82, 2.24) is 19.9 Å². The monoisotopic (exact) mass is 260 g/mol. The first-order valence-electron chi connectivity index (χ1n) is 6.43. The van der Waals surface area contributed by atoms with E-state index < -0.39 is 0 Å². The highest BCUT2D eigenvalue weighted by Gasteiger charge is 2.11. The average Bonchev–Trinajstić information content (AvgIpc) is 2.92. The summed E-state index contributed by atoms with van der Waals surface area (Å²) in [7, 11) is 1.70. The van der Waals surface area contributed by atoms with E-state index in [0.29, 0.717) is 6.61 Å². The third-order valence-corrected chi connectivity index (χ3v) is 3.12. The zero-order valence-corrected chi connectivity index (χ0v) is 11.4. The van der Waals surface area contributed by atoms with Gasteiger partial charge in [0.15, 0.2) is 0 Å². The molecule has 0 spiro atoms. The van der Waals surface area contributed by atoms with Crippen LogP contribution in [-0.4, -0.2) is 34.8 Å². The molecule has 0 aliphatic carbocycles. The van der Waals surface area contributed by atoms with Gasteiger partial charge in [0.05, 0.1) is 24.7 Å². The summed E-state index contributed by atoms with van der Waals surface area (Å²) in [5.74, 6) is 0. The van der Waals surface area contributed by atoms with Crippen LogP contribution in [0.15, 0.2) is 37.1 Å². The Bertz CT molecular complexity index is 483. The van der Waals surface area contributed by atoms with Gasteiger partial charge in [-0.25, -0.2) is 4.98 Å². The van der Waals surface area contributed by atoms with Crippen molar-refractivity contribution in [3.05, 3.63) is 48.3 Å². The fraction of sp³-hybridized carbons (Fsp3) is 0.429. The Hall–Kier alpha value is -1.72. The minimum atomic E-state index is 0.232. The van der Waals surface area contributed by atoms with E-state index in [1.807, 2.05) is 24.8 Å². The van der Waals surface area contributed by atoms with Gasteiger partial charge >= 0.3 is 0 Å². The van der Waals surface area contributed by atoms with Crippen molar-refractivity contribution in [2.24, 2.45) is 0 Å². The first kappa shape index (κ1) is 13.7. The number of rotatable bonds is 7. The molecule has 1 unspecified atom stereocenters. The number of hydrogen-bond donors (Lipinski definition) is 1. The van der Waals surface area contributed by atoms with Gasteiger partial charge in [-0.15, -0.1) is 0 Å². The van der Waals surface area contributed by atoms with Gasteiger partial charge in [0, 0.05) is 38.8 Å². The lowest BCUT2D eigenvalue weighted by Gasteiger charge is -2.17. The maximum Gasteiger partial charge on any atom is 0.0954 e. The summed E-state index contributed by atoms with van der Waals surface area (Å²) >= 11 is 0. The molecule has 0 saturated heterocycles. The molecule has 2 heterocycles. The molecule has 19 heavy (non-hydrogen) atoms. The first-order chi connectivity index (χ1) is 9.33. The van der Waals surface area contributed by atoms with E-state index in [-0.39, 0.29) is 6.04 Å². The Morgan fingerprint density at radius 3 is 3.00 bits per heavy atom. The number of aromatic nitrogens is 3. The zero-order chi connectivity index (χ0) is 13.5. The van der Waals surface area contributed by atoms with Crippen molar-refractivity contribution < 1.29 is 4.74 Å². The summed E-state index contributed by atoms with van der Waals surface area (Å²) < 4.78 is 7.18. The van der Waals surface area contributed by atoms with Gasteiger partial charge < -0.3 is 14.6 Å². The fourth-order valence-electron chi connectivity index (χ4n) is 1.99. The van der Waals surface area contributed by atoms with E-state index >= 15 is 0 Å². The third-order valence-electron chi connectivity index (χ3n) is 3.12. The van der Waals surface area contributed by atoms with Crippen LogP contribution in [0.2, 0.25) is 0 Å². The number of pyridine rings is 1. The second-order valence-electron chi connectivity index (χ2n) is 4.42. The molecule has 102 valence electrons. The predicted molar refractivity (Wildman–Crippen MR) is 73.9 cm³/mol. The second kappa shape index (κ2) is 7.01. The van der Waals surface area contributed by atoms with Gasteiger partial charge in [-0.05, 0) is 18.6 Å². The number of nitrogens with one attached hydrogen (secondary N) is 1. The van der Waals surface area contributed by atoms with Crippen molar-refractivity contribution >= 4 is 0 Å². The van der Waals surface area contributed by atoms with Gasteiger partial charge in [-0.3, -0.25) is 4.98 Å². The van der Waals surface area contributed by atoms with E-state index in [1.54, 1.807) is 13.3 Å². The molecule has 0 saturated carbocycles. The number of nitrogens with zero attached hydrogens (tertiary/aromatic N) is 3. The van der Waals surface area contributed by atoms with E-state index in [4.69, 9.17) is 4.74 Å². The minimum Gasteiger partial charge on any atom is -0.383 e. The number of ether oxygens (including phenoxy) is 1. The van der Waals surface area contributed by atoms with Gasteiger partial charge in [0.2, 0.25) is 0 Å². The molecule has 0 aliphatic heterocycles. The smallest absolute Gasteiger partial charge is 0.0954 e. The van der Waals surface area contributed by atoms with Gasteiger partial charge in [-0.2, -0.15) is 0 Å². The van der Waals surface area contributed by atoms with Crippen LogP contribution in [0.5, 0.6) is 0 Å². The number of imidazole rings is 1. The molecule has 0 bridgehead atoms. The largest absolute Gasteiger partial charge is 0.383 e. The Kier molecular flexibility index (Phi) is 5.06. The lowest BCUT2D eigenvalue weighted by atomic mass is 10.1. The van der Waals surface area contributed by atoms with Crippen molar-refractivity contribution in [2.75, 3.05) is 20.3 Å². The quantitative estimate of drug-likeness (QED) is 0.769. The summed E-state index contributed by atoms with van der Waals surface area (Å²) in [6, 6.07) is 4.27. The zero-order valence-electron chi connectivity index (χ0n) is 11.4. The standard InChI is InChI=1S/C14H20N4O/c1-12(13-4-3-5-15-8-13)18-11-17-10-14(18)9-16-6-7-19-2/h3-5,8,10-12,16H,6-7,9H2,1-2H3. The number of methoxy groups -OCH3 is 1. The van der Waals surface area contributed by atoms with E-state index in [0.717, 1.165) is 18.8 Å². The molecule has 0 aliphatic rings. The van der Waals surface area contributed by atoms with Crippen LogP contribution in [0.3, 0.4) is 0 Å². The van der Waals surface area contributed by atoms with Crippen LogP contribution in [0, 0.1) is 0 Å². The lowest BCUT2D eigenvalue weighted by molar-refractivity contribution is 0.199. The molecular weight excluding hydrogens is 240 g/mol. The second-order valence-corrected chi connectivity index (χ2v) is 4.42. The normalized spacial score (nSPS) is 12.5. The predicted octanol–water partition coefficient (Wildman–Crippen LogP) is 1.62. The van der Waals surface area contributed by atoms with Crippen LogP contribution in [0.1, 0.15) is 24.2 Å². The average molecular weight is 260 g/mol. The summed E-state index contributed by atoms with van der Waals surface area (Å²) in [5.41, 5.74) is 2.34. The molecule has 2 rings (SSSR count). The van der Waals surface area contributed by atoms with Crippen LogP contribution in [0.4, 0.5) is 0 Å². The molecule has 1 atom stereocenters. The maximum absolute atomic E-state index is 5.02. The summed E-state index contributed by atoms with van der Waals surface area (Å²) in [6.45, 7) is 4.49. The van der Waals surface area contributed by atoms with E-state index in [2.05, 4.69) is 32.8 Å². The van der Waals surface area contributed by atoms with Gasteiger partial charge in [0.1, 0.15) is 0 Å². The molecule has 1 N–H and O–H groups in total. The highest BCUT2D eigenvalue weighted by atomic mass is 16.5. The Balaban J connectivity index is 2.02. The third kappa shape index (κ3) is 3.62. The van der Waals surface area contributed by atoms with E-state index in [1.165, 1.54) is 5.56 Å². The Morgan fingerprint density at radius 2 is 2.26 bits per heavy atom. The van der Waals surface area contributed by atoms with Crippen molar-refractivity contribution in [2.45, 2.75) is 19.5 Å². The van der Waals surface area contributed by atoms with Crippen molar-refractivity contribution in [1.29, 1.82) is 0 Å². The molecule has 5 nitrogen and oxygen atoms in total. The molecule has 0 fully saturated rings. The Morgan fingerprint density at radius 1 is 1.37 bits per heavy atom. The SMILES string of the molecule is COCCNCc1cncn1C(C)c1cccnc1. The van der Waals surface area contributed by atoms with Crippen LogP contribution >= 0.6 is 0 Å². The van der Waals surface area contributed by atoms with Crippen LogP contribution < -0.4 is 5.32 Å². The van der Waals surface area contributed by atoms with Crippen molar-refractivity contribution in [3.8, 4) is 0 Å². The summed E-state index contributed by atoms with van der Waals surface area (Å²) in [6.07, 6.45) is 7.45. The van der Waals surface area contributed by atoms with Crippen LogP contribution in [-0.2, 0) is 11.3 Å². The Labute approximate surface area is 113 Å². The minimum absolute atomic E-state index is 0.232. The summed E-state index contributed by atoms with van der Waals surface area (Å²) in [4.78, 5) is 8.40. The molecular formula is C14H20N4O. The van der Waals surface area contributed by atoms with Gasteiger partial charge in [-0.1, -0.05) is 6.07 Å². The molecule has 0 aromatic carbocycles. The molecule has 0 radical (unpaired) electrons. The highest BCUT2D eigenvalue weighted by molar-refractivity contribution is 5.16. The fourth-order valence-corrected chi connectivity index (χ4v) is 1.99. The lowest BCUT2D eigenvalue weighted by Crippen LogP contribution is -2.21. The van der Waals surface area contributed by atoms with Gasteiger partial charge in [0.25, 0.3) is 0 Å². The topological polar surface area (TPSA) is 52.0 Å². The molecule has 2 aromatic heterocycles. The first-order valence-corrected chi connectivity index (χ1v) is 6.43. The van der Waals surface area contributed by atoms with Crippen LogP contribution in [0.25, 0.3) is 0 Å². The van der Waals surface area contributed by atoms with E-state index in [9.17, 15) is 0 Å². The molecule has 2 aromatic rings. The number of hydrogen-bond acceptors (Lipinski definition) is 4.